The van der Waals surface area contributed by atoms with Crippen molar-refractivity contribution in [2.75, 3.05) is 5.75 Å². The topological polar surface area (TPSA) is 26.0 Å². The summed E-state index contributed by atoms with van der Waals surface area (Å²) in [4.78, 5) is 0. The van der Waals surface area contributed by atoms with E-state index < -0.39 is 0 Å². The highest BCUT2D eigenvalue weighted by molar-refractivity contribution is 7.97. The summed E-state index contributed by atoms with van der Waals surface area (Å²) in [5, 5.41) is 5.38. The van der Waals surface area contributed by atoms with Gasteiger partial charge >= 0.3 is 0 Å². The molecule has 0 aliphatic rings. The third-order valence-corrected chi connectivity index (χ3v) is 2.30. The molecule has 0 atom stereocenters. The number of hydrogen-bond acceptors (Lipinski definition) is 2. The van der Waals surface area contributed by atoms with E-state index in [9.17, 15) is 0 Å². The molecule has 68 valence electrons. The second kappa shape index (κ2) is 5.04. The van der Waals surface area contributed by atoms with E-state index in [0.717, 1.165) is 11.7 Å². The Bertz CT molecular complexity index is 99.7. The average molecular weight is 175 g/mol. The molecule has 0 spiro atoms. The average Bonchev–Trinajstić information content (AvgIpc) is 1.81. The van der Waals surface area contributed by atoms with Crippen molar-refractivity contribution in [2.45, 2.75) is 40.5 Å². The maximum Gasteiger partial charge on any atom is 0.00815 e. The van der Waals surface area contributed by atoms with Crippen LogP contribution in [0.25, 0.3) is 0 Å². The van der Waals surface area contributed by atoms with Gasteiger partial charge in [0.15, 0.2) is 0 Å². The molecule has 0 aromatic heterocycles. The van der Waals surface area contributed by atoms with Crippen LogP contribution in [0.2, 0.25) is 0 Å². The molecule has 0 radical (unpaired) electrons. The molecule has 0 aliphatic carbocycles. The van der Waals surface area contributed by atoms with E-state index in [4.69, 9.17) is 5.14 Å². The van der Waals surface area contributed by atoms with Gasteiger partial charge in [0.2, 0.25) is 0 Å². The monoisotopic (exact) mass is 175 g/mol. The summed E-state index contributed by atoms with van der Waals surface area (Å²) in [5.74, 6) is 1.88. The molecule has 0 unspecified atom stereocenters. The molecule has 0 aliphatic heterocycles. The van der Waals surface area contributed by atoms with E-state index in [1.807, 2.05) is 0 Å². The highest BCUT2D eigenvalue weighted by Crippen LogP contribution is 2.29. The van der Waals surface area contributed by atoms with Gasteiger partial charge in [0.1, 0.15) is 0 Å². The van der Waals surface area contributed by atoms with Crippen molar-refractivity contribution < 1.29 is 0 Å². The number of hydrogen-bond donors (Lipinski definition) is 1. The van der Waals surface area contributed by atoms with Crippen molar-refractivity contribution in [3.05, 3.63) is 0 Å². The fourth-order valence-electron chi connectivity index (χ4n) is 1.54. The normalized spacial score (nSPS) is 12.5. The van der Waals surface area contributed by atoms with Crippen LogP contribution in [0.3, 0.4) is 0 Å². The summed E-state index contributed by atoms with van der Waals surface area (Å²) in [6.45, 7) is 9.20. The van der Waals surface area contributed by atoms with Crippen LogP contribution in [0.4, 0.5) is 0 Å². The summed E-state index contributed by atoms with van der Waals surface area (Å²) in [5.41, 5.74) is 0.473. The summed E-state index contributed by atoms with van der Waals surface area (Å²) in [7, 11) is 0. The Hall–Kier alpha value is 0.310. The van der Waals surface area contributed by atoms with E-state index >= 15 is 0 Å². The lowest BCUT2D eigenvalue weighted by Crippen LogP contribution is -2.15. The zero-order valence-electron chi connectivity index (χ0n) is 8.18. The van der Waals surface area contributed by atoms with Gasteiger partial charge < -0.3 is 0 Å². The second-order valence-electron chi connectivity index (χ2n) is 4.38. The van der Waals surface area contributed by atoms with E-state index in [2.05, 4.69) is 27.7 Å². The van der Waals surface area contributed by atoms with E-state index in [1.165, 1.54) is 24.8 Å². The van der Waals surface area contributed by atoms with Crippen molar-refractivity contribution >= 4 is 11.9 Å². The number of nitrogens with two attached hydrogens (primary N) is 1. The van der Waals surface area contributed by atoms with Crippen LogP contribution in [0.15, 0.2) is 0 Å². The molecule has 11 heavy (non-hydrogen) atoms. The highest BCUT2D eigenvalue weighted by atomic mass is 32.2. The lowest BCUT2D eigenvalue weighted by molar-refractivity contribution is 0.279. The van der Waals surface area contributed by atoms with Gasteiger partial charge in [-0.2, -0.15) is 0 Å². The molecule has 2 heteroatoms. The van der Waals surface area contributed by atoms with Gasteiger partial charge in [0.25, 0.3) is 0 Å². The minimum atomic E-state index is 0.473. The number of rotatable bonds is 5. The Balaban J connectivity index is 3.61. The largest absolute Gasteiger partial charge is 0.278 e. The lowest BCUT2D eigenvalue weighted by Gasteiger charge is -2.26. The standard InChI is InChI=1S/C9H21NS/c1-8(2)7-9(3,4)5-6-11-10/h8H,5-7,10H2,1-4H3. The van der Waals surface area contributed by atoms with Gasteiger partial charge in [-0.1, -0.05) is 39.6 Å². The third-order valence-electron chi connectivity index (χ3n) is 1.86. The maximum atomic E-state index is 5.38. The van der Waals surface area contributed by atoms with Crippen molar-refractivity contribution in [3.8, 4) is 0 Å². The molecule has 0 rings (SSSR count). The minimum Gasteiger partial charge on any atom is -0.278 e. The molecular formula is C9H21NS. The van der Waals surface area contributed by atoms with Gasteiger partial charge in [-0.15, -0.1) is 0 Å². The van der Waals surface area contributed by atoms with Crippen LogP contribution >= 0.6 is 11.9 Å². The Morgan fingerprint density at radius 2 is 1.91 bits per heavy atom. The first-order valence-corrected chi connectivity index (χ1v) is 5.34. The first-order valence-electron chi connectivity index (χ1n) is 4.29. The molecule has 0 saturated heterocycles. The van der Waals surface area contributed by atoms with Crippen molar-refractivity contribution in [3.63, 3.8) is 0 Å². The van der Waals surface area contributed by atoms with Gasteiger partial charge in [-0.25, -0.2) is 0 Å². The molecule has 2 N–H and O–H groups in total. The van der Waals surface area contributed by atoms with Gasteiger partial charge in [-0.3, -0.25) is 5.14 Å². The van der Waals surface area contributed by atoms with Crippen LogP contribution in [0, 0.1) is 11.3 Å². The van der Waals surface area contributed by atoms with Crippen molar-refractivity contribution in [1.29, 1.82) is 0 Å². The first-order chi connectivity index (χ1) is 4.98. The quantitative estimate of drug-likeness (QED) is 0.650. The van der Waals surface area contributed by atoms with Crippen LogP contribution in [0.5, 0.6) is 0 Å². The molecule has 0 saturated carbocycles. The molecule has 0 amide bonds. The van der Waals surface area contributed by atoms with Crippen molar-refractivity contribution in [1.82, 2.24) is 0 Å². The molecule has 1 nitrogen and oxygen atoms in total. The highest BCUT2D eigenvalue weighted by Gasteiger charge is 2.18. The zero-order chi connectivity index (χ0) is 8.91. The Labute approximate surface area is 75.3 Å². The second-order valence-corrected chi connectivity index (χ2v) is 5.12. The molecule has 0 heterocycles. The predicted octanol–water partition coefficient (Wildman–Crippen LogP) is 3.06. The Morgan fingerprint density at radius 3 is 2.27 bits per heavy atom. The molecule has 0 aromatic rings. The van der Waals surface area contributed by atoms with Gasteiger partial charge in [0.05, 0.1) is 0 Å². The SMILES string of the molecule is CC(C)CC(C)(C)CCSN. The molecular weight excluding hydrogens is 154 g/mol. The molecule has 0 bridgehead atoms. The summed E-state index contributed by atoms with van der Waals surface area (Å²) in [6, 6.07) is 0. The third kappa shape index (κ3) is 6.70. The first kappa shape index (κ1) is 11.3. The zero-order valence-corrected chi connectivity index (χ0v) is 9.00. The van der Waals surface area contributed by atoms with E-state index in [1.54, 1.807) is 0 Å². The van der Waals surface area contributed by atoms with Crippen molar-refractivity contribution in [2.24, 2.45) is 16.5 Å². The fourth-order valence-corrected chi connectivity index (χ4v) is 2.21. The lowest BCUT2D eigenvalue weighted by atomic mass is 9.82. The minimum absolute atomic E-state index is 0.473. The van der Waals surface area contributed by atoms with Crippen LogP contribution < -0.4 is 5.14 Å². The van der Waals surface area contributed by atoms with Crippen LogP contribution in [-0.2, 0) is 0 Å². The molecule has 0 aromatic carbocycles. The summed E-state index contributed by atoms with van der Waals surface area (Å²) < 4.78 is 0. The maximum absolute atomic E-state index is 5.38. The predicted molar refractivity (Wildman–Crippen MR) is 54.5 cm³/mol. The fraction of sp³-hybridized carbons (Fsp3) is 1.00. The summed E-state index contributed by atoms with van der Waals surface area (Å²) >= 11 is 1.46. The van der Waals surface area contributed by atoms with E-state index in [0.29, 0.717) is 5.41 Å². The van der Waals surface area contributed by atoms with E-state index in [-0.39, 0.29) is 0 Å². The molecule has 0 fully saturated rings. The van der Waals surface area contributed by atoms with Gasteiger partial charge in [0, 0.05) is 5.75 Å². The van der Waals surface area contributed by atoms with Crippen LogP contribution in [-0.4, -0.2) is 5.75 Å². The van der Waals surface area contributed by atoms with Gasteiger partial charge in [-0.05, 0) is 24.2 Å². The Morgan fingerprint density at radius 1 is 1.36 bits per heavy atom. The Kier molecular flexibility index (Phi) is 5.19. The van der Waals surface area contributed by atoms with Crippen LogP contribution in [0.1, 0.15) is 40.5 Å². The summed E-state index contributed by atoms with van der Waals surface area (Å²) in [6.07, 6.45) is 2.53. The smallest absolute Gasteiger partial charge is 0.00815 e.